The van der Waals surface area contributed by atoms with Crippen LogP contribution >= 0.6 is 0 Å². The third-order valence-electron chi connectivity index (χ3n) is 4.46. The minimum Gasteiger partial charge on any atom is -0.346 e. The Morgan fingerprint density at radius 1 is 1.35 bits per heavy atom. The van der Waals surface area contributed by atoms with E-state index in [-0.39, 0.29) is 18.2 Å². The van der Waals surface area contributed by atoms with Gasteiger partial charge in [-0.1, -0.05) is 12.1 Å². The number of rotatable bonds is 3. The topological polar surface area (TPSA) is 88.4 Å². The fourth-order valence-electron chi connectivity index (χ4n) is 3.20. The van der Waals surface area contributed by atoms with Gasteiger partial charge in [-0.25, -0.2) is 4.39 Å². The van der Waals surface area contributed by atoms with Crippen molar-refractivity contribution < 1.29 is 14.0 Å². The second-order valence-electron chi connectivity index (χ2n) is 6.25. The highest BCUT2D eigenvalue weighted by atomic mass is 19.1. The molecule has 0 saturated heterocycles. The van der Waals surface area contributed by atoms with E-state index in [9.17, 15) is 14.0 Å². The summed E-state index contributed by atoms with van der Waals surface area (Å²) in [6, 6.07) is 9.16. The van der Waals surface area contributed by atoms with Crippen molar-refractivity contribution >= 4 is 23.1 Å². The number of aromatic nitrogens is 3. The highest BCUT2D eigenvalue weighted by Gasteiger charge is 2.32. The first-order valence-corrected chi connectivity index (χ1v) is 8.22. The lowest BCUT2D eigenvalue weighted by Crippen LogP contribution is -2.36. The number of carbonyl (C=O) groups is 2. The molecule has 1 aromatic carbocycles. The van der Waals surface area contributed by atoms with E-state index in [1.807, 2.05) is 24.4 Å². The minimum absolute atomic E-state index is 0.0117. The van der Waals surface area contributed by atoms with E-state index < -0.39 is 17.8 Å². The van der Waals surface area contributed by atoms with Gasteiger partial charge in [0.15, 0.2) is 11.5 Å². The molecule has 7 nitrogen and oxygen atoms in total. The monoisotopic (exact) mass is 353 g/mol. The van der Waals surface area contributed by atoms with E-state index in [0.717, 1.165) is 0 Å². The van der Waals surface area contributed by atoms with Gasteiger partial charge in [-0.15, -0.1) is 10.2 Å². The number of fused-ring (bicyclic) bond motifs is 2. The molecule has 2 aromatic heterocycles. The molecule has 8 heteroatoms. The molecule has 26 heavy (non-hydrogen) atoms. The van der Waals surface area contributed by atoms with Gasteiger partial charge in [0, 0.05) is 18.3 Å². The van der Waals surface area contributed by atoms with E-state index in [2.05, 4.69) is 20.8 Å². The van der Waals surface area contributed by atoms with Gasteiger partial charge < -0.3 is 10.6 Å². The number of hydrogen-bond donors (Lipinski definition) is 2. The van der Waals surface area contributed by atoms with Crippen LogP contribution in [0.4, 0.5) is 10.1 Å². The van der Waals surface area contributed by atoms with Crippen LogP contribution in [0.1, 0.15) is 36.7 Å². The van der Waals surface area contributed by atoms with Gasteiger partial charge >= 0.3 is 0 Å². The van der Waals surface area contributed by atoms with Crippen molar-refractivity contribution in [3.63, 3.8) is 0 Å². The standard InChI is InChI=1S/C18H16FN5O2/c1-10(17-23-22-15-4-2-3-7-24(15)17)20-18(26)13-9-16(25)21-14-8-11(19)5-6-12(13)14/h2-8,10,13H,9H2,1H3,(H,20,26)(H,21,25). The van der Waals surface area contributed by atoms with Crippen LogP contribution in [-0.4, -0.2) is 26.4 Å². The first-order chi connectivity index (χ1) is 12.5. The molecule has 132 valence electrons. The first-order valence-electron chi connectivity index (χ1n) is 8.22. The molecule has 0 fully saturated rings. The average molecular weight is 353 g/mol. The smallest absolute Gasteiger partial charge is 0.228 e. The number of nitrogens with one attached hydrogen (secondary N) is 2. The number of benzene rings is 1. The van der Waals surface area contributed by atoms with E-state index in [1.54, 1.807) is 11.3 Å². The summed E-state index contributed by atoms with van der Waals surface area (Å²) < 4.78 is 15.2. The molecule has 2 N–H and O–H groups in total. The van der Waals surface area contributed by atoms with Crippen LogP contribution < -0.4 is 10.6 Å². The lowest BCUT2D eigenvalue weighted by molar-refractivity contribution is -0.126. The third-order valence-corrected chi connectivity index (χ3v) is 4.46. The number of pyridine rings is 1. The van der Waals surface area contributed by atoms with Crippen LogP contribution in [0, 0.1) is 5.82 Å². The van der Waals surface area contributed by atoms with Crippen LogP contribution in [0.15, 0.2) is 42.6 Å². The van der Waals surface area contributed by atoms with Crippen molar-refractivity contribution in [2.75, 3.05) is 5.32 Å². The minimum atomic E-state index is -0.680. The molecular formula is C18H16FN5O2. The molecule has 0 aliphatic carbocycles. The molecule has 0 spiro atoms. The normalized spacial score (nSPS) is 17.5. The maximum Gasteiger partial charge on any atom is 0.228 e. The molecule has 2 atom stereocenters. The Morgan fingerprint density at radius 2 is 2.19 bits per heavy atom. The maximum absolute atomic E-state index is 13.4. The molecule has 2 unspecified atom stereocenters. The summed E-state index contributed by atoms with van der Waals surface area (Å²) in [4.78, 5) is 24.7. The summed E-state index contributed by atoms with van der Waals surface area (Å²) in [5, 5.41) is 13.7. The molecule has 3 aromatic rings. The molecule has 2 amide bonds. The van der Waals surface area contributed by atoms with Gasteiger partial charge in [0.2, 0.25) is 11.8 Å². The lowest BCUT2D eigenvalue weighted by Gasteiger charge is -2.26. The fourth-order valence-corrected chi connectivity index (χ4v) is 3.20. The largest absolute Gasteiger partial charge is 0.346 e. The van der Waals surface area contributed by atoms with Gasteiger partial charge in [0.1, 0.15) is 5.82 Å². The molecule has 4 rings (SSSR count). The SMILES string of the molecule is CC(NC(=O)C1CC(=O)Nc2cc(F)ccc21)c1nnc2ccccn12. The third kappa shape index (κ3) is 2.79. The highest BCUT2D eigenvalue weighted by Crippen LogP contribution is 2.33. The molecule has 3 heterocycles. The number of halogens is 1. The zero-order valence-electron chi connectivity index (χ0n) is 13.9. The average Bonchev–Trinajstić information content (AvgIpc) is 3.04. The first kappa shape index (κ1) is 16.2. The predicted molar refractivity (Wildman–Crippen MR) is 91.9 cm³/mol. The maximum atomic E-state index is 13.4. The summed E-state index contributed by atoms with van der Waals surface area (Å²) in [6.07, 6.45) is 1.83. The van der Waals surface area contributed by atoms with Crippen LogP contribution in [0.3, 0.4) is 0 Å². The second kappa shape index (κ2) is 6.21. The zero-order valence-corrected chi connectivity index (χ0v) is 13.9. The second-order valence-corrected chi connectivity index (χ2v) is 6.25. The van der Waals surface area contributed by atoms with Crippen molar-refractivity contribution in [3.8, 4) is 0 Å². The van der Waals surface area contributed by atoms with Gasteiger partial charge in [0.05, 0.1) is 12.0 Å². The van der Waals surface area contributed by atoms with Crippen molar-refractivity contribution in [1.82, 2.24) is 19.9 Å². The van der Waals surface area contributed by atoms with Crippen molar-refractivity contribution in [3.05, 3.63) is 59.8 Å². The van der Waals surface area contributed by atoms with Crippen LogP contribution in [-0.2, 0) is 9.59 Å². The molecule has 1 aliphatic heterocycles. The van der Waals surface area contributed by atoms with Gasteiger partial charge in [-0.05, 0) is 36.8 Å². The predicted octanol–water partition coefficient (Wildman–Crippen LogP) is 2.17. The fraction of sp³-hybridized carbons (Fsp3) is 0.222. The summed E-state index contributed by atoms with van der Waals surface area (Å²) in [5.41, 5.74) is 1.62. The molecule has 1 aliphatic rings. The number of amides is 2. The summed E-state index contributed by atoms with van der Waals surface area (Å²) in [6.45, 7) is 1.80. The Labute approximate surface area is 148 Å². The van der Waals surface area contributed by atoms with E-state index >= 15 is 0 Å². The van der Waals surface area contributed by atoms with Gasteiger partial charge in [-0.3, -0.25) is 14.0 Å². The van der Waals surface area contributed by atoms with Crippen molar-refractivity contribution in [2.24, 2.45) is 0 Å². The molecule has 0 saturated carbocycles. The lowest BCUT2D eigenvalue weighted by atomic mass is 9.89. The summed E-state index contributed by atoms with van der Waals surface area (Å²) in [7, 11) is 0. The Balaban J connectivity index is 1.59. The highest BCUT2D eigenvalue weighted by molar-refractivity contribution is 6.01. The van der Waals surface area contributed by atoms with E-state index in [1.165, 1.54) is 18.2 Å². The van der Waals surface area contributed by atoms with Crippen LogP contribution in [0.2, 0.25) is 0 Å². The number of hydrogen-bond acceptors (Lipinski definition) is 4. The summed E-state index contributed by atoms with van der Waals surface area (Å²) >= 11 is 0. The van der Waals surface area contributed by atoms with Crippen molar-refractivity contribution in [1.29, 1.82) is 0 Å². The number of carbonyl (C=O) groups excluding carboxylic acids is 2. The zero-order chi connectivity index (χ0) is 18.3. The molecular weight excluding hydrogens is 337 g/mol. The number of anilines is 1. The molecule has 0 radical (unpaired) electrons. The Bertz CT molecular complexity index is 1020. The van der Waals surface area contributed by atoms with E-state index in [0.29, 0.717) is 22.7 Å². The summed E-state index contributed by atoms with van der Waals surface area (Å²) in [5.74, 6) is -1.18. The Morgan fingerprint density at radius 3 is 3.04 bits per heavy atom. The Hall–Kier alpha value is -3.29. The quantitative estimate of drug-likeness (QED) is 0.755. The van der Waals surface area contributed by atoms with E-state index in [4.69, 9.17) is 0 Å². The molecule has 0 bridgehead atoms. The van der Waals surface area contributed by atoms with Gasteiger partial charge in [0.25, 0.3) is 0 Å². The van der Waals surface area contributed by atoms with Crippen molar-refractivity contribution in [2.45, 2.75) is 25.3 Å². The number of nitrogens with zero attached hydrogens (tertiary/aromatic N) is 3. The van der Waals surface area contributed by atoms with Crippen LogP contribution in [0.25, 0.3) is 5.65 Å². The van der Waals surface area contributed by atoms with Gasteiger partial charge in [-0.2, -0.15) is 0 Å². The Kier molecular flexibility index (Phi) is 3.87. The van der Waals surface area contributed by atoms with Crippen LogP contribution in [0.5, 0.6) is 0 Å².